The number of rotatable bonds is 2. The van der Waals surface area contributed by atoms with Crippen LogP contribution in [0.4, 0.5) is 0 Å². The number of hydrogen-bond acceptors (Lipinski definition) is 3. The monoisotopic (exact) mass is 240 g/mol. The van der Waals surface area contributed by atoms with Gasteiger partial charge in [-0.15, -0.1) is 0 Å². The van der Waals surface area contributed by atoms with Crippen molar-refractivity contribution in [3.8, 4) is 0 Å². The zero-order valence-corrected chi connectivity index (χ0v) is 10.6. The van der Waals surface area contributed by atoms with E-state index in [1.165, 1.54) is 38.5 Å². The predicted octanol–water partition coefficient (Wildman–Crippen LogP) is 2.84. The van der Waals surface area contributed by atoms with E-state index in [0.717, 1.165) is 32.4 Å². The molecule has 1 saturated carbocycles. The summed E-state index contributed by atoms with van der Waals surface area (Å²) < 4.78 is 0. The molecule has 2 atom stereocenters. The molecular weight excluding hydrogens is 216 g/mol. The zero-order valence-electron chi connectivity index (χ0n) is 10.6. The van der Waals surface area contributed by atoms with Crippen molar-refractivity contribution in [1.29, 1.82) is 0 Å². The van der Waals surface area contributed by atoms with Crippen LogP contribution < -0.4 is 0 Å². The number of nitrogens with zero attached hydrogens (tertiary/aromatic N) is 2. The third kappa shape index (κ3) is 3.41. The van der Waals surface area contributed by atoms with Crippen molar-refractivity contribution in [3.05, 3.63) is 10.1 Å². The predicted molar refractivity (Wildman–Crippen MR) is 67.7 cm³/mol. The van der Waals surface area contributed by atoms with Gasteiger partial charge in [0.1, 0.15) is 0 Å². The lowest BCUT2D eigenvalue weighted by Crippen LogP contribution is -2.49. The maximum absolute atomic E-state index is 11.1. The third-order valence-electron chi connectivity index (χ3n) is 4.32. The van der Waals surface area contributed by atoms with Crippen LogP contribution in [0.2, 0.25) is 0 Å². The fourth-order valence-corrected chi connectivity index (χ4v) is 3.37. The average Bonchev–Trinajstić information content (AvgIpc) is 2.28. The fraction of sp³-hybridized carbons (Fsp3) is 1.00. The van der Waals surface area contributed by atoms with E-state index >= 15 is 0 Å². The summed E-state index contributed by atoms with van der Waals surface area (Å²) in [5.41, 5.74) is 0. The van der Waals surface area contributed by atoms with Gasteiger partial charge in [0.05, 0.1) is 6.04 Å². The molecule has 1 saturated heterocycles. The first-order valence-electron chi connectivity index (χ1n) is 7.16. The topological polar surface area (TPSA) is 46.4 Å². The molecule has 0 radical (unpaired) electrons. The largest absolute Gasteiger partial charge is 0.294 e. The van der Waals surface area contributed by atoms with Crippen LogP contribution in [0.5, 0.6) is 0 Å². The van der Waals surface area contributed by atoms with Crippen LogP contribution in [-0.4, -0.2) is 35.0 Å². The molecule has 0 aromatic carbocycles. The van der Waals surface area contributed by atoms with E-state index in [-0.39, 0.29) is 17.0 Å². The third-order valence-corrected chi connectivity index (χ3v) is 4.32. The Balaban J connectivity index is 1.98. The van der Waals surface area contributed by atoms with E-state index in [1.807, 2.05) is 0 Å². The maximum Gasteiger partial charge on any atom is 0.228 e. The summed E-state index contributed by atoms with van der Waals surface area (Å²) in [4.78, 5) is 13.5. The van der Waals surface area contributed by atoms with Crippen molar-refractivity contribution in [2.45, 2.75) is 69.9 Å². The normalized spacial score (nSPS) is 32.7. The van der Waals surface area contributed by atoms with Crippen LogP contribution in [0.1, 0.15) is 57.8 Å². The van der Waals surface area contributed by atoms with Gasteiger partial charge in [0.25, 0.3) is 0 Å². The summed E-state index contributed by atoms with van der Waals surface area (Å²) in [6.45, 7) is 2.16. The van der Waals surface area contributed by atoms with Gasteiger partial charge in [0, 0.05) is 11.3 Å². The second-order valence-electron chi connectivity index (χ2n) is 5.51. The second kappa shape index (κ2) is 6.34. The molecule has 2 aliphatic rings. The van der Waals surface area contributed by atoms with Crippen molar-refractivity contribution in [1.82, 2.24) is 4.90 Å². The summed E-state index contributed by atoms with van der Waals surface area (Å²) in [5.74, 6) is 0. The van der Waals surface area contributed by atoms with Gasteiger partial charge < -0.3 is 0 Å². The van der Waals surface area contributed by atoms with Crippen molar-refractivity contribution in [3.63, 3.8) is 0 Å². The SMILES string of the molecule is O=[N+]([O-])C1CCCCC1N1CCCCCCC1. The van der Waals surface area contributed by atoms with Crippen LogP contribution in [0, 0.1) is 10.1 Å². The van der Waals surface area contributed by atoms with Gasteiger partial charge in [-0.2, -0.15) is 0 Å². The molecule has 4 nitrogen and oxygen atoms in total. The first-order valence-corrected chi connectivity index (χ1v) is 7.16. The summed E-state index contributed by atoms with van der Waals surface area (Å²) >= 11 is 0. The van der Waals surface area contributed by atoms with Crippen molar-refractivity contribution in [2.75, 3.05) is 13.1 Å². The van der Waals surface area contributed by atoms with Gasteiger partial charge in [0.2, 0.25) is 6.04 Å². The lowest BCUT2D eigenvalue weighted by atomic mass is 9.89. The molecule has 0 spiro atoms. The Hall–Kier alpha value is -0.640. The van der Waals surface area contributed by atoms with Gasteiger partial charge in [-0.1, -0.05) is 25.7 Å². The van der Waals surface area contributed by atoms with Crippen LogP contribution in [0.25, 0.3) is 0 Å². The van der Waals surface area contributed by atoms with Gasteiger partial charge in [-0.25, -0.2) is 0 Å². The minimum atomic E-state index is -0.303. The molecule has 4 heteroatoms. The van der Waals surface area contributed by atoms with Crippen molar-refractivity contribution >= 4 is 0 Å². The van der Waals surface area contributed by atoms with E-state index in [4.69, 9.17) is 0 Å². The average molecular weight is 240 g/mol. The molecule has 0 amide bonds. The van der Waals surface area contributed by atoms with Crippen LogP contribution in [0.15, 0.2) is 0 Å². The van der Waals surface area contributed by atoms with E-state index in [1.54, 1.807) is 0 Å². The minimum absolute atomic E-state index is 0.0252. The Kier molecular flexibility index (Phi) is 4.77. The lowest BCUT2D eigenvalue weighted by molar-refractivity contribution is -0.533. The van der Waals surface area contributed by atoms with Gasteiger partial charge >= 0.3 is 0 Å². The molecule has 1 heterocycles. The molecule has 2 rings (SSSR count). The molecule has 98 valence electrons. The Bertz CT molecular complexity index is 250. The highest BCUT2D eigenvalue weighted by atomic mass is 16.6. The van der Waals surface area contributed by atoms with E-state index in [9.17, 15) is 10.1 Å². The molecule has 0 bridgehead atoms. The maximum atomic E-state index is 11.1. The molecule has 17 heavy (non-hydrogen) atoms. The van der Waals surface area contributed by atoms with Crippen LogP contribution in [-0.2, 0) is 0 Å². The summed E-state index contributed by atoms with van der Waals surface area (Å²) in [7, 11) is 0. The summed E-state index contributed by atoms with van der Waals surface area (Å²) in [6.07, 6.45) is 10.4. The Morgan fingerprint density at radius 1 is 0.882 bits per heavy atom. The van der Waals surface area contributed by atoms with Crippen LogP contribution in [0.3, 0.4) is 0 Å². The molecule has 1 aliphatic carbocycles. The van der Waals surface area contributed by atoms with E-state index in [0.29, 0.717) is 0 Å². The summed E-state index contributed by atoms with van der Waals surface area (Å²) in [6, 6.07) is -0.0833. The smallest absolute Gasteiger partial charge is 0.228 e. The number of likely N-dealkylation sites (tertiary alicyclic amines) is 1. The first kappa shape index (κ1) is 12.8. The second-order valence-corrected chi connectivity index (χ2v) is 5.51. The standard InChI is InChI=1S/C13H24N2O2/c16-15(17)13-9-5-4-8-12(13)14-10-6-2-1-3-7-11-14/h12-13H,1-11H2. The van der Waals surface area contributed by atoms with Crippen molar-refractivity contribution < 1.29 is 4.92 Å². The zero-order chi connectivity index (χ0) is 12.1. The summed E-state index contributed by atoms with van der Waals surface area (Å²) in [5, 5.41) is 11.1. The van der Waals surface area contributed by atoms with Gasteiger partial charge in [0.15, 0.2) is 0 Å². The molecule has 0 N–H and O–H groups in total. The highest BCUT2D eigenvalue weighted by Gasteiger charge is 2.37. The molecule has 1 aliphatic heterocycles. The quantitative estimate of drug-likeness (QED) is 0.551. The molecule has 2 fully saturated rings. The Labute approximate surface area is 104 Å². The highest BCUT2D eigenvalue weighted by molar-refractivity contribution is 4.84. The highest BCUT2D eigenvalue weighted by Crippen LogP contribution is 2.26. The van der Waals surface area contributed by atoms with Crippen molar-refractivity contribution in [2.24, 2.45) is 0 Å². The Morgan fingerprint density at radius 3 is 2.12 bits per heavy atom. The van der Waals surface area contributed by atoms with Crippen LogP contribution >= 0.6 is 0 Å². The van der Waals surface area contributed by atoms with E-state index < -0.39 is 0 Å². The fourth-order valence-electron chi connectivity index (χ4n) is 3.37. The number of nitro groups is 1. The number of hydrogen-bond donors (Lipinski definition) is 0. The molecule has 2 unspecified atom stereocenters. The molecule has 0 aromatic heterocycles. The van der Waals surface area contributed by atoms with E-state index in [2.05, 4.69) is 4.90 Å². The minimum Gasteiger partial charge on any atom is -0.294 e. The van der Waals surface area contributed by atoms with Gasteiger partial charge in [-0.3, -0.25) is 15.0 Å². The Morgan fingerprint density at radius 2 is 1.47 bits per heavy atom. The molecular formula is C13H24N2O2. The molecule has 0 aromatic rings. The lowest BCUT2D eigenvalue weighted by Gasteiger charge is -2.36. The first-order chi connectivity index (χ1) is 8.29. The van der Waals surface area contributed by atoms with Gasteiger partial charge in [-0.05, 0) is 38.8 Å².